The van der Waals surface area contributed by atoms with Gasteiger partial charge >= 0.3 is 5.97 Å². The van der Waals surface area contributed by atoms with Crippen LogP contribution in [0.15, 0.2) is 61.1 Å². The maximum absolute atomic E-state index is 14.7. The number of phenols is 2. The molecule has 28 heteroatoms. The van der Waals surface area contributed by atoms with Crippen molar-refractivity contribution >= 4 is 65.0 Å². The van der Waals surface area contributed by atoms with E-state index in [1.165, 1.54) is 72.9 Å². The highest BCUT2D eigenvalue weighted by Gasteiger charge is 2.40. The zero-order valence-electron chi connectivity index (χ0n) is 44.8. The number of aliphatic hydroxyl groups excluding tert-OH is 1. The predicted octanol–water partition coefficient (Wildman–Crippen LogP) is -3.38. The number of primary amides is 2. The van der Waals surface area contributed by atoms with Crippen molar-refractivity contribution in [2.24, 2.45) is 23.1 Å². The van der Waals surface area contributed by atoms with Gasteiger partial charge in [-0.3, -0.25) is 47.9 Å². The molecule has 1 aliphatic rings. The van der Waals surface area contributed by atoms with Crippen LogP contribution in [0, 0.1) is 5.92 Å². The van der Waals surface area contributed by atoms with Crippen molar-refractivity contribution in [1.82, 2.24) is 52.1 Å². The summed E-state index contributed by atoms with van der Waals surface area (Å²) in [6.07, 6.45) is -0.0952. The second-order valence-corrected chi connectivity index (χ2v) is 20.1. The lowest BCUT2D eigenvalue weighted by Crippen LogP contribution is -2.61. The molecule has 0 spiro atoms. The van der Waals surface area contributed by atoms with Gasteiger partial charge in [0.05, 0.1) is 18.5 Å². The quantitative estimate of drug-likeness (QED) is 0.0299. The summed E-state index contributed by atoms with van der Waals surface area (Å²) in [5, 5.41) is 57.1. The highest BCUT2D eigenvalue weighted by Crippen LogP contribution is 2.21. The fourth-order valence-corrected chi connectivity index (χ4v) is 8.57. The Morgan fingerprint density at radius 1 is 0.637 bits per heavy atom. The van der Waals surface area contributed by atoms with E-state index in [0.29, 0.717) is 23.2 Å². The predicted molar refractivity (Wildman–Crippen MR) is 283 cm³/mol. The second kappa shape index (κ2) is 30.5. The van der Waals surface area contributed by atoms with Crippen molar-refractivity contribution in [2.75, 3.05) is 6.54 Å². The van der Waals surface area contributed by atoms with E-state index in [2.05, 4.69) is 47.2 Å². The molecule has 0 radical (unpaired) electrons. The molecular formula is C52H73N13O15. The van der Waals surface area contributed by atoms with Crippen LogP contribution < -0.4 is 54.4 Å². The number of hydrogen-bond donors (Lipinski definition) is 15. The first-order valence-corrected chi connectivity index (χ1v) is 25.9. The first-order valence-electron chi connectivity index (χ1n) is 25.9. The van der Waals surface area contributed by atoms with Gasteiger partial charge in [-0.2, -0.15) is 0 Å². The van der Waals surface area contributed by atoms with E-state index < -0.39 is 126 Å². The second-order valence-electron chi connectivity index (χ2n) is 20.1. The Morgan fingerprint density at radius 3 is 1.61 bits per heavy atom. The maximum atomic E-state index is 14.7. The minimum absolute atomic E-state index is 0.0359. The van der Waals surface area contributed by atoms with Crippen molar-refractivity contribution in [1.29, 1.82) is 0 Å². The lowest BCUT2D eigenvalue weighted by atomic mass is 9.99. The van der Waals surface area contributed by atoms with Gasteiger partial charge < -0.3 is 84.7 Å². The molecule has 0 unspecified atom stereocenters. The van der Waals surface area contributed by atoms with Crippen molar-refractivity contribution in [3.63, 3.8) is 0 Å². The SMILES string of the molecule is CC(C)C[C@H](NC(=O)[C@H](Cc1ccc(O)cc1)NC(=O)[C@H](CCC(N)=O)NC(=O)[C@@H](N)CCC(N)=O)C(=O)N[C@@H](Cc1ccc(O)cc1)C(=O)N[C@@H](Cc1cnc[nH]1)C(=O)N1CCC[C@H]1C(=O)N[C@@H](C)C(=O)N[C@H](C(=O)O)[C@@H](C)O. The van der Waals surface area contributed by atoms with Gasteiger partial charge in [0.25, 0.3) is 0 Å². The van der Waals surface area contributed by atoms with Gasteiger partial charge in [0.1, 0.15) is 53.8 Å². The van der Waals surface area contributed by atoms with E-state index in [-0.39, 0.29) is 81.7 Å². The number of nitrogens with zero attached hydrogens (tertiary/aromatic N) is 2. The molecule has 0 aliphatic carbocycles. The van der Waals surface area contributed by atoms with Gasteiger partial charge in [-0.15, -0.1) is 0 Å². The number of aromatic hydroxyl groups is 2. The molecule has 1 saturated heterocycles. The number of amides is 10. The number of aliphatic hydroxyl groups is 1. The van der Waals surface area contributed by atoms with Gasteiger partial charge in [0.2, 0.25) is 59.1 Å². The molecule has 10 atom stereocenters. The van der Waals surface area contributed by atoms with Crippen LogP contribution >= 0.6 is 0 Å². The number of hydrogen-bond acceptors (Lipinski definition) is 16. The number of aliphatic carboxylic acids is 1. The average molecular weight is 1120 g/mol. The molecular weight excluding hydrogens is 1050 g/mol. The van der Waals surface area contributed by atoms with Crippen LogP contribution in [0.4, 0.5) is 0 Å². The Labute approximate surface area is 460 Å². The minimum atomic E-state index is -1.67. The first kappa shape index (κ1) is 63.9. The van der Waals surface area contributed by atoms with E-state index >= 15 is 0 Å². The molecule has 0 bridgehead atoms. The third-order valence-corrected chi connectivity index (χ3v) is 12.9. The molecule has 80 heavy (non-hydrogen) atoms. The molecule has 10 amide bonds. The van der Waals surface area contributed by atoms with E-state index in [1.54, 1.807) is 13.8 Å². The Balaban J connectivity index is 1.64. The van der Waals surface area contributed by atoms with Crippen molar-refractivity contribution in [2.45, 2.75) is 152 Å². The van der Waals surface area contributed by atoms with Gasteiger partial charge in [0.15, 0.2) is 6.04 Å². The number of carboxylic acids is 1. The lowest BCUT2D eigenvalue weighted by Gasteiger charge is -2.31. The third kappa shape index (κ3) is 20.3. The van der Waals surface area contributed by atoms with E-state index in [1.807, 2.05) is 0 Å². The number of carbonyl (C=O) groups excluding carboxylic acids is 10. The van der Waals surface area contributed by atoms with Gasteiger partial charge in [-0.25, -0.2) is 9.78 Å². The molecule has 1 aromatic heterocycles. The fraction of sp³-hybridized carbons (Fsp3) is 0.500. The number of carbonyl (C=O) groups is 11. The van der Waals surface area contributed by atoms with Gasteiger partial charge in [-0.1, -0.05) is 38.1 Å². The Hall–Kier alpha value is -8.66. The molecule has 1 fully saturated rings. The largest absolute Gasteiger partial charge is 0.508 e. The number of likely N-dealkylation sites (tertiary alicyclic amines) is 1. The third-order valence-electron chi connectivity index (χ3n) is 12.9. The number of phenolic OH excluding ortho intramolecular Hbond substituents is 2. The van der Waals surface area contributed by atoms with E-state index in [0.717, 1.165) is 6.92 Å². The van der Waals surface area contributed by atoms with E-state index in [4.69, 9.17) is 17.2 Å². The molecule has 2 aromatic carbocycles. The number of aromatic amines is 1. The molecule has 4 rings (SSSR count). The van der Waals surface area contributed by atoms with Crippen LogP contribution in [0.25, 0.3) is 0 Å². The van der Waals surface area contributed by atoms with Crippen molar-refractivity contribution in [3.05, 3.63) is 77.9 Å². The van der Waals surface area contributed by atoms with E-state index in [9.17, 15) is 73.2 Å². The number of aromatic nitrogens is 2. The summed E-state index contributed by atoms with van der Waals surface area (Å²) in [5.74, 6) is -10.5. The molecule has 436 valence electrons. The number of nitrogens with two attached hydrogens (primary N) is 3. The number of benzene rings is 2. The average Bonchev–Trinajstić information content (AvgIpc) is 4.11. The summed E-state index contributed by atoms with van der Waals surface area (Å²) in [7, 11) is 0. The number of imidazole rings is 1. The fourth-order valence-electron chi connectivity index (χ4n) is 8.57. The minimum Gasteiger partial charge on any atom is -0.508 e. The molecule has 0 saturated carbocycles. The Morgan fingerprint density at radius 2 is 1.12 bits per heavy atom. The summed E-state index contributed by atoms with van der Waals surface area (Å²) in [6.45, 7) is 6.00. The summed E-state index contributed by atoms with van der Waals surface area (Å²) < 4.78 is 0. The zero-order chi connectivity index (χ0) is 59.4. The monoisotopic (exact) mass is 1120 g/mol. The molecule has 1 aliphatic heterocycles. The normalized spacial score (nSPS) is 16.4. The molecule has 18 N–H and O–H groups in total. The number of H-pyrrole nitrogens is 1. The lowest BCUT2D eigenvalue weighted by molar-refractivity contribution is -0.145. The zero-order valence-corrected chi connectivity index (χ0v) is 44.8. The smallest absolute Gasteiger partial charge is 0.328 e. The van der Waals surface area contributed by atoms with Crippen LogP contribution in [-0.2, 0) is 72.0 Å². The summed E-state index contributed by atoms with van der Waals surface area (Å²) >= 11 is 0. The molecule has 2 heterocycles. The standard InChI is InChI=1S/C52H73N13O15/c1-26(2)20-36(60-48(75)37(21-29-7-11-32(67)12-8-29)61-46(73)35(16-18-42(55)70)59-45(72)34(53)15-17-41(54)69)47(74)62-38(22-30-9-13-33(68)14-10-30)49(76)63-39(23-31-24-56-25-57-31)51(78)65-19-5-6-40(65)50(77)58-27(3)44(71)64-43(28(4)66)52(79)80/h7-14,24-28,34-40,43,66-68H,5-6,15-23,53H2,1-4H3,(H2,54,69)(H2,55,70)(H,56,57)(H,58,77)(H,59,72)(H,60,75)(H,61,73)(H,62,74)(H,63,76)(H,64,71)(H,79,80)/t27-,28+,34-,35-,36-,37-,38-,39-,40-,43-/m0/s1. The Kier molecular flexibility index (Phi) is 24.3. The van der Waals surface area contributed by atoms with Crippen LogP contribution in [0.1, 0.15) is 89.5 Å². The first-order chi connectivity index (χ1) is 37.7. The number of rotatable bonds is 31. The van der Waals surface area contributed by atoms with Crippen LogP contribution in [-0.4, -0.2) is 167 Å². The summed E-state index contributed by atoms with van der Waals surface area (Å²) in [5.41, 5.74) is 17.8. The summed E-state index contributed by atoms with van der Waals surface area (Å²) in [4.78, 5) is 155. The Bertz CT molecular complexity index is 2650. The van der Waals surface area contributed by atoms with Crippen molar-refractivity contribution < 1.29 is 73.2 Å². The molecule has 28 nitrogen and oxygen atoms in total. The summed E-state index contributed by atoms with van der Waals surface area (Å²) in [6, 6.07) is -1.45. The van der Waals surface area contributed by atoms with Gasteiger partial charge in [-0.05, 0) is 87.3 Å². The molecule has 3 aromatic rings. The highest BCUT2D eigenvalue weighted by molar-refractivity contribution is 5.98. The topological polar surface area (TPSA) is 463 Å². The maximum Gasteiger partial charge on any atom is 0.328 e. The van der Waals surface area contributed by atoms with Crippen LogP contribution in [0.3, 0.4) is 0 Å². The van der Waals surface area contributed by atoms with Gasteiger partial charge in [0, 0.05) is 50.5 Å². The number of carboxylic acid groups (broad SMARTS) is 1. The number of nitrogens with one attached hydrogen (secondary N) is 8. The highest BCUT2D eigenvalue weighted by atomic mass is 16.4. The van der Waals surface area contributed by atoms with Crippen molar-refractivity contribution in [3.8, 4) is 11.5 Å². The van der Waals surface area contributed by atoms with Crippen LogP contribution in [0.2, 0.25) is 0 Å². The van der Waals surface area contributed by atoms with Crippen LogP contribution in [0.5, 0.6) is 11.5 Å².